The molecule has 1 aromatic rings. The summed E-state index contributed by atoms with van der Waals surface area (Å²) in [6, 6.07) is 8.38. The predicted molar refractivity (Wildman–Crippen MR) is 67.6 cm³/mol. The van der Waals surface area contributed by atoms with E-state index in [1.54, 1.807) is 0 Å². The molecule has 0 heterocycles. The average Bonchev–Trinajstić information content (AvgIpc) is 2.58. The monoisotopic (exact) mass is 217 g/mol. The summed E-state index contributed by atoms with van der Waals surface area (Å²) < 4.78 is 6.06. The van der Waals surface area contributed by atoms with E-state index in [-0.39, 0.29) is 0 Å². The second-order valence-electron chi connectivity index (χ2n) is 4.59. The van der Waals surface area contributed by atoms with Crippen molar-refractivity contribution in [3.8, 4) is 5.75 Å². The van der Waals surface area contributed by atoms with Crippen LogP contribution in [0.4, 0.5) is 0 Å². The fourth-order valence-corrected chi connectivity index (χ4v) is 2.32. The summed E-state index contributed by atoms with van der Waals surface area (Å²) in [5.41, 5.74) is 1.24. The summed E-state index contributed by atoms with van der Waals surface area (Å²) in [6.45, 7) is 2.06. The zero-order chi connectivity index (χ0) is 11.2. The zero-order valence-corrected chi connectivity index (χ0v) is 10.1. The summed E-state index contributed by atoms with van der Waals surface area (Å²) in [5, 5.41) is 0. The molecule has 0 saturated heterocycles. The Labute approximate surface area is 98.8 Å². The molecule has 1 saturated carbocycles. The van der Waals surface area contributed by atoms with Crippen molar-refractivity contribution in [3.63, 3.8) is 0 Å². The van der Waals surface area contributed by atoms with Gasteiger partial charge in [0.25, 0.3) is 0 Å². The summed E-state index contributed by atoms with van der Waals surface area (Å²) >= 11 is 0. The van der Waals surface area contributed by atoms with Gasteiger partial charge in [0.05, 0.1) is 6.10 Å². The molecule has 0 aromatic heterocycles. The molecule has 0 amide bonds. The van der Waals surface area contributed by atoms with Crippen LogP contribution in [-0.4, -0.2) is 6.10 Å². The van der Waals surface area contributed by atoms with Crippen molar-refractivity contribution in [2.75, 3.05) is 0 Å². The minimum atomic E-state index is 0.439. The van der Waals surface area contributed by atoms with Crippen LogP contribution in [0.3, 0.4) is 0 Å². The van der Waals surface area contributed by atoms with Crippen molar-refractivity contribution < 1.29 is 4.74 Å². The predicted octanol–water partition coefficient (Wildman–Crippen LogP) is 4.36. The van der Waals surface area contributed by atoms with Gasteiger partial charge < -0.3 is 4.74 Å². The second-order valence-corrected chi connectivity index (χ2v) is 4.59. The maximum atomic E-state index is 6.06. The van der Waals surface area contributed by atoms with Gasteiger partial charge >= 0.3 is 0 Å². The van der Waals surface area contributed by atoms with Crippen molar-refractivity contribution in [1.82, 2.24) is 0 Å². The normalized spacial score (nSPS) is 18.1. The van der Waals surface area contributed by atoms with Gasteiger partial charge in [0.1, 0.15) is 5.75 Å². The van der Waals surface area contributed by atoms with E-state index < -0.39 is 0 Å². The zero-order valence-electron chi connectivity index (χ0n) is 10.1. The van der Waals surface area contributed by atoms with Gasteiger partial charge in [0.15, 0.2) is 0 Å². The Hall–Kier alpha value is -0.980. The molecule has 16 heavy (non-hydrogen) atoms. The van der Waals surface area contributed by atoms with E-state index in [4.69, 9.17) is 4.74 Å². The van der Waals surface area contributed by atoms with Gasteiger partial charge in [-0.1, -0.05) is 31.9 Å². The topological polar surface area (TPSA) is 9.23 Å². The maximum absolute atomic E-state index is 6.06. The van der Waals surface area contributed by atoms with Gasteiger partial charge in [-0.05, 0) is 49.8 Å². The number of hydrogen-bond donors (Lipinski definition) is 0. The first-order valence-corrected chi connectivity index (χ1v) is 6.44. The molecular weight excluding hydrogens is 196 g/mol. The SMILES string of the molecule is C[CH]c1cccc(OC2CCCCCC2)c1. The van der Waals surface area contributed by atoms with Crippen LogP contribution in [0.1, 0.15) is 51.0 Å². The fraction of sp³-hybridized carbons (Fsp3) is 0.533. The summed E-state index contributed by atoms with van der Waals surface area (Å²) in [6.07, 6.45) is 10.4. The van der Waals surface area contributed by atoms with Crippen molar-refractivity contribution in [3.05, 3.63) is 36.2 Å². The van der Waals surface area contributed by atoms with E-state index in [1.807, 2.05) is 0 Å². The Balaban J connectivity index is 1.96. The highest BCUT2D eigenvalue weighted by atomic mass is 16.5. The molecule has 1 aromatic carbocycles. The number of rotatable bonds is 3. The molecule has 0 unspecified atom stereocenters. The molecule has 1 fully saturated rings. The Morgan fingerprint density at radius 1 is 1.12 bits per heavy atom. The number of ether oxygens (including phenoxy) is 1. The molecule has 1 aliphatic carbocycles. The summed E-state index contributed by atoms with van der Waals surface area (Å²) in [4.78, 5) is 0. The highest BCUT2D eigenvalue weighted by Gasteiger charge is 2.13. The maximum Gasteiger partial charge on any atom is 0.119 e. The molecule has 0 N–H and O–H groups in total. The van der Waals surface area contributed by atoms with Crippen molar-refractivity contribution in [1.29, 1.82) is 0 Å². The van der Waals surface area contributed by atoms with Crippen LogP contribution >= 0.6 is 0 Å². The lowest BCUT2D eigenvalue weighted by atomic mass is 10.1. The first kappa shape index (κ1) is 11.5. The van der Waals surface area contributed by atoms with Crippen molar-refractivity contribution >= 4 is 0 Å². The number of benzene rings is 1. The van der Waals surface area contributed by atoms with Crippen LogP contribution in [0.25, 0.3) is 0 Å². The van der Waals surface area contributed by atoms with E-state index in [0.29, 0.717) is 6.10 Å². The van der Waals surface area contributed by atoms with Gasteiger partial charge in [-0.15, -0.1) is 0 Å². The average molecular weight is 217 g/mol. The van der Waals surface area contributed by atoms with E-state index in [2.05, 4.69) is 37.6 Å². The lowest BCUT2D eigenvalue weighted by molar-refractivity contribution is 0.183. The van der Waals surface area contributed by atoms with E-state index in [0.717, 1.165) is 5.75 Å². The third kappa shape index (κ3) is 3.26. The van der Waals surface area contributed by atoms with Crippen LogP contribution in [0.5, 0.6) is 5.75 Å². The van der Waals surface area contributed by atoms with Gasteiger partial charge in [-0.25, -0.2) is 0 Å². The van der Waals surface area contributed by atoms with Gasteiger partial charge in [0, 0.05) is 0 Å². The van der Waals surface area contributed by atoms with Crippen LogP contribution < -0.4 is 4.74 Å². The largest absolute Gasteiger partial charge is 0.490 e. The minimum Gasteiger partial charge on any atom is -0.490 e. The second kappa shape index (κ2) is 5.93. The molecule has 87 valence electrons. The standard InChI is InChI=1S/C15H21O/c1-2-13-8-7-11-15(12-13)16-14-9-5-3-4-6-10-14/h2,7-8,11-12,14H,3-6,9-10H2,1H3. The minimum absolute atomic E-state index is 0.439. The van der Waals surface area contributed by atoms with E-state index in [9.17, 15) is 0 Å². The Morgan fingerprint density at radius 3 is 2.56 bits per heavy atom. The van der Waals surface area contributed by atoms with Crippen LogP contribution in [0.2, 0.25) is 0 Å². The quantitative estimate of drug-likeness (QED) is 0.683. The molecular formula is C15H21O. The lowest BCUT2D eigenvalue weighted by Gasteiger charge is -2.17. The lowest BCUT2D eigenvalue weighted by Crippen LogP contribution is -2.15. The van der Waals surface area contributed by atoms with Crippen molar-refractivity contribution in [2.24, 2.45) is 0 Å². The molecule has 2 rings (SSSR count). The summed E-state index contributed by atoms with van der Waals surface area (Å²) in [5.74, 6) is 1.03. The molecule has 1 radical (unpaired) electrons. The highest BCUT2D eigenvalue weighted by Crippen LogP contribution is 2.23. The Bertz CT molecular complexity index is 311. The van der Waals surface area contributed by atoms with E-state index >= 15 is 0 Å². The summed E-state index contributed by atoms with van der Waals surface area (Å²) in [7, 11) is 0. The first-order chi connectivity index (χ1) is 7.88. The molecule has 1 aliphatic rings. The van der Waals surface area contributed by atoms with Crippen molar-refractivity contribution in [2.45, 2.75) is 51.6 Å². The van der Waals surface area contributed by atoms with Crippen LogP contribution in [-0.2, 0) is 0 Å². The van der Waals surface area contributed by atoms with Gasteiger partial charge in [-0.2, -0.15) is 0 Å². The number of hydrogen-bond acceptors (Lipinski definition) is 1. The third-order valence-electron chi connectivity index (χ3n) is 3.30. The molecule has 0 bridgehead atoms. The van der Waals surface area contributed by atoms with Crippen LogP contribution in [0, 0.1) is 6.42 Å². The molecule has 1 heteroatoms. The smallest absolute Gasteiger partial charge is 0.119 e. The van der Waals surface area contributed by atoms with Crippen LogP contribution in [0.15, 0.2) is 24.3 Å². The molecule has 0 aliphatic heterocycles. The Morgan fingerprint density at radius 2 is 1.88 bits per heavy atom. The highest BCUT2D eigenvalue weighted by molar-refractivity contribution is 5.32. The Kier molecular flexibility index (Phi) is 4.26. The molecule has 0 spiro atoms. The fourth-order valence-electron chi connectivity index (χ4n) is 2.32. The van der Waals surface area contributed by atoms with E-state index in [1.165, 1.54) is 44.1 Å². The van der Waals surface area contributed by atoms with Gasteiger partial charge in [-0.3, -0.25) is 0 Å². The molecule has 0 atom stereocenters. The van der Waals surface area contributed by atoms with Gasteiger partial charge in [0.2, 0.25) is 0 Å². The molecule has 1 nitrogen and oxygen atoms in total. The first-order valence-electron chi connectivity index (χ1n) is 6.44. The third-order valence-corrected chi connectivity index (χ3v) is 3.30.